The van der Waals surface area contributed by atoms with Gasteiger partial charge in [0.2, 0.25) is 0 Å². The van der Waals surface area contributed by atoms with Crippen molar-refractivity contribution in [1.29, 1.82) is 0 Å². The van der Waals surface area contributed by atoms with Crippen LogP contribution < -0.4 is 0 Å². The normalized spacial score (nSPS) is 15.1. The molecule has 0 fully saturated rings. The number of nitrogens with zero attached hydrogens (tertiary/aromatic N) is 4. The Kier molecular flexibility index (Phi) is 6.39. The Morgan fingerprint density at radius 3 is 2.76 bits per heavy atom. The van der Waals surface area contributed by atoms with E-state index in [1.807, 2.05) is 18.7 Å². The van der Waals surface area contributed by atoms with E-state index in [2.05, 4.69) is 16.7 Å². The fraction of sp³-hybridized carbons (Fsp3) is 0.444. The number of benzene rings is 1. The zero-order valence-corrected chi connectivity index (χ0v) is 14.6. The first kappa shape index (κ1) is 19.2. The quantitative estimate of drug-likeness (QED) is 0.707. The first-order valence-electron chi connectivity index (χ1n) is 8.27. The van der Waals surface area contributed by atoms with Crippen LogP contribution in [0.15, 0.2) is 43.5 Å². The predicted octanol–water partition coefficient (Wildman–Crippen LogP) is 2.73. The second-order valence-electron chi connectivity index (χ2n) is 6.02. The molecule has 0 aliphatic rings. The number of aromatic nitrogens is 3. The molecule has 1 aromatic carbocycles. The molecule has 1 heterocycles. The average Bonchev–Trinajstić information content (AvgIpc) is 3.07. The van der Waals surface area contributed by atoms with Crippen LogP contribution >= 0.6 is 0 Å². The van der Waals surface area contributed by atoms with Gasteiger partial charge in [0.15, 0.2) is 0 Å². The van der Waals surface area contributed by atoms with E-state index in [9.17, 15) is 13.9 Å². The Hall–Kier alpha value is -2.12. The number of hydrogen-bond acceptors (Lipinski definition) is 4. The standard InChI is InChI=1S/C18H24F2N4O/c1-4-6-9-23(5-2)14(3)18(25,11-24-13-21-12-22-24)16-8-7-15(19)10-17(16)20/h4,7-8,10,12-14,25H,1,5-6,9,11H2,2-3H3/t14-,18+/m0/s1. The van der Waals surface area contributed by atoms with Crippen molar-refractivity contribution in [2.24, 2.45) is 0 Å². The topological polar surface area (TPSA) is 54.2 Å². The maximum absolute atomic E-state index is 14.5. The summed E-state index contributed by atoms with van der Waals surface area (Å²) in [6.45, 7) is 8.85. The molecular formula is C18H24F2N4O. The van der Waals surface area contributed by atoms with Gasteiger partial charge >= 0.3 is 0 Å². The van der Waals surface area contributed by atoms with E-state index in [1.165, 1.54) is 23.4 Å². The highest BCUT2D eigenvalue weighted by Crippen LogP contribution is 2.32. The minimum Gasteiger partial charge on any atom is -0.381 e. The predicted molar refractivity (Wildman–Crippen MR) is 91.8 cm³/mol. The summed E-state index contributed by atoms with van der Waals surface area (Å²) in [5.41, 5.74) is -1.57. The van der Waals surface area contributed by atoms with Crippen LogP contribution in [0.4, 0.5) is 8.78 Å². The van der Waals surface area contributed by atoms with Crippen LogP contribution in [-0.2, 0) is 12.1 Å². The van der Waals surface area contributed by atoms with Gasteiger partial charge in [-0.05, 0) is 26.0 Å². The fourth-order valence-corrected chi connectivity index (χ4v) is 3.03. The summed E-state index contributed by atoms with van der Waals surface area (Å²) in [4.78, 5) is 5.90. The number of halogens is 2. The van der Waals surface area contributed by atoms with Gasteiger partial charge in [0, 0.05) is 24.2 Å². The summed E-state index contributed by atoms with van der Waals surface area (Å²) < 4.78 is 29.3. The molecule has 136 valence electrons. The number of rotatable bonds is 9. The van der Waals surface area contributed by atoms with Crippen LogP contribution in [0.3, 0.4) is 0 Å². The molecule has 0 bridgehead atoms. The van der Waals surface area contributed by atoms with Gasteiger partial charge in [0.05, 0.1) is 6.54 Å². The Bertz CT molecular complexity index is 692. The minimum atomic E-state index is -1.61. The smallest absolute Gasteiger partial charge is 0.137 e. The maximum Gasteiger partial charge on any atom is 0.137 e. The van der Waals surface area contributed by atoms with Crippen LogP contribution in [0.1, 0.15) is 25.8 Å². The SMILES string of the molecule is C=CCCN(CC)[C@@H](C)[C@](O)(Cn1cncn1)c1ccc(F)cc1F. The summed E-state index contributed by atoms with van der Waals surface area (Å²) in [6, 6.07) is 2.78. The van der Waals surface area contributed by atoms with Crippen molar-refractivity contribution < 1.29 is 13.9 Å². The first-order valence-corrected chi connectivity index (χ1v) is 8.27. The zero-order chi connectivity index (χ0) is 18.4. The third-order valence-electron chi connectivity index (χ3n) is 4.53. The lowest BCUT2D eigenvalue weighted by molar-refractivity contribution is -0.0622. The molecule has 2 atom stereocenters. The monoisotopic (exact) mass is 350 g/mol. The molecule has 0 radical (unpaired) electrons. The fourth-order valence-electron chi connectivity index (χ4n) is 3.03. The van der Waals surface area contributed by atoms with Gasteiger partial charge < -0.3 is 5.11 Å². The van der Waals surface area contributed by atoms with Gasteiger partial charge in [-0.1, -0.05) is 19.1 Å². The number of aliphatic hydroxyl groups is 1. The molecule has 25 heavy (non-hydrogen) atoms. The molecule has 7 heteroatoms. The van der Waals surface area contributed by atoms with E-state index in [0.717, 1.165) is 18.6 Å². The molecule has 2 rings (SSSR count). The largest absolute Gasteiger partial charge is 0.381 e. The highest BCUT2D eigenvalue weighted by molar-refractivity contribution is 5.27. The minimum absolute atomic E-state index is 0.00130. The number of hydrogen-bond donors (Lipinski definition) is 1. The van der Waals surface area contributed by atoms with E-state index >= 15 is 0 Å². The lowest BCUT2D eigenvalue weighted by atomic mass is 9.85. The summed E-state index contributed by atoms with van der Waals surface area (Å²) in [7, 11) is 0. The molecular weight excluding hydrogens is 326 g/mol. The maximum atomic E-state index is 14.5. The van der Waals surface area contributed by atoms with Crippen molar-refractivity contribution in [3.8, 4) is 0 Å². The Labute approximate surface area is 146 Å². The van der Waals surface area contributed by atoms with Crippen LogP contribution in [0.2, 0.25) is 0 Å². The first-order chi connectivity index (χ1) is 11.9. The van der Waals surface area contributed by atoms with Crippen molar-refractivity contribution in [1.82, 2.24) is 19.7 Å². The van der Waals surface area contributed by atoms with E-state index < -0.39 is 23.3 Å². The van der Waals surface area contributed by atoms with Crippen molar-refractivity contribution in [2.45, 2.75) is 38.5 Å². The molecule has 0 saturated heterocycles. The highest BCUT2D eigenvalue weighted by Gasteiger charge is 2.41. The summed E-state index contributed by atoms with van der Waals surface area (Å²) >= 11 is 0. The van der Waals surface area contributed by atoms with Gasteiger partial charge in [-0.2, -0.15) is 5.10 Å². The highest BCUT2D eigenvalue weighted by atomic mass is 19.1. The Morgan fingerprint density at radius 1 is 1.44 bits per heavy atom. The van der Waals surface area contributed by atoms with Crippen molar-refractivity contribution in [3.63, 3.8) is 0 Å². The van der Waals surface area contributed by atoms with E-state index in [0.29, 0.717) is 13.1 Å². The second-order valence-corrected chi connectivity index (χ2v) is 6.02. The summed E-state index contributed by atoms with van der Waals surface area (Å²) in [6.07, 6.45) is 5.34. The average molecular weight is 350 g/mol. The third kappa shape index (κ3) is 4.29. The molecule has 0 saturated carbocycles. The van der Waals surface area contributed by atoms with Crippen LogP contribution in [0, 0.1) is 11.6 Å². The lowest BCUT2D eigenvalue weighted by Crippen LogP contribution is -2.52. The van der Waals surface area contributed by atoms with Crippen molar-refractivity contribution in [3.05, 3.63) is 60.7 Å². The summed E-state index contributed by atoms with van der Waals surface area (Å²) in [5.74, 6) is -1.47. The van der Waals surface area contributed by atoms with Gasteiger partial charge in [0.1, 0.15) is 29.9 Å². The van der Waals surface area contributed by atoms with Crippen LogP contribution in [0.5, 0.6) is 0 Å². The number of likely N-dealkylation sites (N-methyl/N-ethyl adjacent to an activating group) is 1. The molecule has 5 nitrogen and oxygen atoms in total. The molecule has 1 N–H and O–H groups in total. The third-order valence-corrected chi connectivity index (χ3v) is 4.53. The molecule has 1 aromatic heterocycles. The Morgan fingerprint density at radius 2 is 2.20 bits per heavy atom. The van der Waals surface area contributed by atoms with Gasteiger partial charge in [-0.15, -0.1) is 6.58 Å². The van der Waals surface area contributed by atoms with Gasteiger partial charge in [-0.3, -0.25) is 4.90 Å². The van der Waals surface area contributed by atoms with Crippen LogP contribution in [-0.4, -0.2) is 43.9 Å². The lowest BCUT2D eigenvalue weighted by Gasteiger charge is -2.41. The van der Waals surface area contributed by atoms with Crippen LogP contribution in [0.25, 0.3) is 0 Å². The molecule has 0 aliphatic carbocycles. The molecule has 0 amide bonds. The van der Waals surface area contributed by atoms with E-state index in [4.69, 9.17) is 0 Å². The van der Waals surface area contributed by atoms with Crippen molar-refractivity contribution >= 4 is 0 Å². The summed E-state index contributed by atoms with van der Waals surface area (Å²) in [5, 5.41) is 15.5. The van der Waals surface area contributed by atoms with E-state index in [1.54, 1.807) is 6.08 Å². The Balaban J connectivity index is 2.45. The van der Waals surface area contributed by atoms with E-state index in [-0.39, 0.29) is 12.1 Å². The zero-order valence-electron chi connectivity index (χ0n) is 14.6. The van der Waals surface area contributed by atoms with Gasteiger partial charge in [-0.25, -0.2) is 18.4 Å². The van der Waals surface area contributed by atoms with Crippen molar-refractivity contribution in [2.75, 3.05) is 13.1 Å². The van der Waals surface area contributed by atoms with Gasteiger partial charge in [0.25, 0.3) is 0 Å². The second kappa shape index (κ2) is 8.31. The molecule has 0 spiro atoms. The molecule has 0 unspecified atom stereocenters. The molecule has 0 aliphatic heterocycles. The molecule has 2 aromatic rings.